The van der Waals surface area contributed by atoms with E-state index in [9.17, 15) is 17.2 Å². The Hall–Kier alpha value is -2.35. The highest BCUT2D eigenvalue weighted by atomic mass is 32.2. The van der Waals surface area contributed by atoms with Crippen LogP contribution in [0.5, 0.6) is 5.75 Å². The monoisotopic (exact) mass is 314 g/mol. The molecule has 0 radical (unpaired) electrons. The van der Waals surface area contributed by atoms with Gasteiger partial charge in [-0.25, -0.2) is 17.2 Å². The van der Waals surface area contributed by atoms with E-state index in [-0.39, 0.29) is 11.4 Å². The molecule has 0 bridgehead atoms. The predicted octanol–water partition coefficient (Wildman–Crippen LogP) is 2.36. The van der Waals surface area contributed by atoms with E-state index in [0.29, 0.717) is 11.8 Å². The van der Waals surface area contributed by atoms with Crippen LogP contribution in [0.1, 0.15) is 0 Å². The fraction of sp³-hybridized carbons (Fsp3) is 0.0769. The van der Waals surface area contributed by atoms with Gasteiger partial charge in [-0.1, -0.05) is 0 Å². The first kappa shape index (κ1) is 15.0. The van der Waals surface area contributed by atoms with Crippen molar-refractivity contribution in [1.29, 1.82) is 0 Å². The lowest BCUT2D eigenvalue weighted by Gasteiger charge is -2.12. The number of nitrogens with two attached hydrogens (primary N) is 1. The van der Waals surface area contributed by atoms with Crippen LogP contribution in [0.15, 0.2) is 41.3 Å². The SMILES string of the molecule is COc1ccc(N)c(NS(=O)(=O)c2cc(F)ccc2F)c1. The summed E-state index contributed by atoms with van der Waals surface area (Å²) in [5.74, 6) is -1.57. The minimum atomic E-state index is -4.31. The molecule has 8 heteroatoms. The first-order valence-corrected chi connectivity index (χ1v) is 7.23. The minimum Gasteiger partial charge on any atom is -0.497 e. The number of rotatable bonds is 4. The highest BCUT2D eigenvalue weighted by molar-refractivity contribution is 7.92. The number of anilines is 2. The second-order valence-corrected chi connectivity index (χ2v) is 5.78. The van der Waals surface area contributed by atoms with Gasteiger partial charge in [0.05, 0.1) is 18.5 Å². The van der Waals surface area contributed by atoms with Crippen LogP contribution in [0.25, 0.3) is 0 Å². The normalized spacial score (nSPS) is 11.2. The molecule has 0 saturated heterocycles. The van der Waals surface area contributed by atoms with Crippen LogP contribution >= 0.6 is 0 Å². The molecule has 0 aromatic heterocycles. The van der Waals surface area contributed by atoms with Crippen LogP contribution in [0.2, 0.25) is 0 Å². The lowest BCUT2D eigenvalue weighted by molar-refractivity contribution is 0.415. The molecule has 2 aromatic rings. The summed E-state index contributed by atoms with van der Waals surface area (Å²) >= 11 is 0. The third-order valence-electron chi connectivity index (χ3n) is 2.69. The quantitative estimate of drug-likeness (QED) is 0.849. The zero-order valence-corrected chi connectivity index (χ0v) is 11.7. The Morgan fingerprint density at radius 3 is 2.52 bits per heavy atom. The molecular weight excluding hydrogens is 302 g/mol. The number of hydrogen-bond donors (Lipinski definition) is 2. The Labute approximate surface area is 120 Å². The Balaban J connectivity index is 2.44. The molecule has 2 aromatic carbocycles. The number of benzene rings is 2. The van der Waals surface area contributed by atoms with Crippen LogP contribution in [0, 0.1) is 11.6 Å². The molecule has 0 aliphatic heterocycles. The lowest BCUT2D eigenvalue weighted by atomic mass is 10.2. The smallest absolute Gasteiger partial charge is 0.264 e. The average Bonchev–Trinajstić information content (AvgIpc) is 2.43. The molecule has 0 saturated carbocycles. The average molecular weight is 314 g/mol. The van der Waals surface area contributed by atoms with Gasteiger partial charge in [0.15, 0.2) is 0 Å². The second-order valence-electron chi connectivity index (χ2n) is 4.13. The molecule has 21 heavy (non-hydrogen) atoms. The van der Waals surface area contributed by atoms with Crippen molar-refractivity contribution < 1.29 is 21.9 Å². The number of nitrogen functional groups attached to an aromatic ring is 1. The van der Waals surface area contributed by atoms with Crippen molar-refractivity contribution in [3.63, 3.8) is 0 Å². The number of methoxy groups -OCH3 is 1. The summed E-state index contributed by atoms with van der Waals surface area (Å²) < 4.78 is 58.0. The maximum Gasteiger partial charge on any atom is 0.264 e. The van der Waals surface area contributed by atoms with Crippen LogP contribution in [-0.2, 0) is 10.0 Å². The molecule has 5 nitrogen and oxygen atoms in total. The second kappa shape index (κ2) is 5.57. The highest BCUT2D eigenvalue weighted by Gasteiger charge is 2.21. The largest absolute Gasteiger partial charge is 0.497 e. The van der Waals surface area contributed by atoms with E-state index in [2.05, 4.69) is 4.72 Å². The van der Waals surface area contributed by atoms with Gasteiger partial charge in [0, 0.05) is 6.07 Å². The van der Waals surface area contributed by atoms with E-state index in [1.54, 1.807) is 0 Å². The molecule has 0 atom stereocenters. The maximum atomic E-state index is 13.6. The molecule has 0 aliphatic carbocycles. The van der Waals surface area contributed by atoms with Crippen LogP contribution in [-0.4, -0.2) is 15.5 Å². The van der Waals surface area contributed by atoms with E-state index < -0.39 is 26.6 Å². The van der Waals surface area contributed by atoms with Crippen LogP contribution in [0.3, 0.4) is 0 Å². The van der Waals surface area contributed by atoms with Crippen molar-refractivity contribution in [3.05, 3.63) is 48.0 Å². The first-order valence-electron chi connectivity index (χ1n) is 5.75. The number of halogens is 2. The van der Waals surface area contributed by atoms with Gasteiger partial charge >= 0.3 is 0 Å². The van der Waals surface area contributed by atoms with Gasteiger partial charge in [0.1, 0.15) is 22.3 Å². The van der Waals surface area contributed by atoms with Crippen molar-refractivity contribution in [2.75, 3.05) is 17.6 Å². The molecule has 0 heterocycles. The van der Waals surface area contributed by atoms with Gasteiger partial charge in [-0.2, -0.15) is 0 Å². The summed E-state index contributed by atoms with van der Waals surface area (Å²) in [4.78, 5) is -0.801. The Morgan fingerprint density at radius 2 is 1.86 bits per heavy atom. The van der Waals surface area contributed by atoms with E-state index in [0.717, 1.165) is 12.1 Å². The number of ether oxygens (including phenoxy) is 1. The minimum absolute atomic E-state index is 0.0120. The molecule has 3 N–H and O–H groups in total. The standard InChI is InChI=1S/C13H12F2N2O3S/c1-20-9-3-5-11(16)12(7-9)17-21(18,19)13-6-8(14)2-4-10(13)15/h2-7,17H,16H2,1H3. The van der Waals surface area contributed by atoms with Gasteiger partial charge in [-0.15, -0.1) is 0 Å². The molecular formula is C13H12F2N2O3S. The zero-order chi connectivity index (χ0) is 15.6. The molecule has 2 rings (SSSR count). The lowest BCUT2D eigenvalue weighted by Crippen LogP contribution is -2.16. The van der Waals surface area contributed by atoms with Crippen LogP contribution in [0.4, 0.5) is 20.2 Å². The molecule has 0 fully saturated rings. The Bertz CT molecular complexity index is 779. The first-order chi connectivity index (χ1) is 9.83. The van der Waals surface area contributed by atoms with Crippen molar-refractivity contribution in [2.45, 2.75) is 4.90 Å². The van der Waals surface area contributed by atoms with Gasteiger partial charge in [-0.05, 0) is 30.3 Å². The van der Waals surface area contributed by atoms with Gasteiger partial charge < -0.3 is 10.5 Å². The molecule has 0 unspecified atom stereocenters. The van der Waals surface area contributed by atoms with Crippen molar-refractivity contribution in [3.8, 4) is 5.75 Å². The van der Waals surface area contributed by atoms with Gasteiger partial charge in [0.25, 0.3) is 10.0 Å². The molecule has 0 spiro atoms. The zero-order valence-electron chi connectivity index (χ0n) is 10.9. The molecule has 112 valence electrons. The summed E-state index contributed by atoms with van der Waals surface area (Å²) in [6.45, 7) is 0. The summed E-state index contributed by atoms with van der Waals surface area (Å²) in [6.07, 6.45) is 0. The highest BCUT2D eigenvalue weighted by Crippen LogP contribution is 2.27. The van der Waals surface area contributed by atoms with Gasteiger partial charge in [0.2, 0.25) is 0 Å². The third kappa shape index (κ3) is 3.22. The number of sulfonamides is 1. The maximum absolute atomic E-state index is 13.6. The van der Waals surface area contributed by atoms with E-state index in [1.165, 1.54) is 25.3 Å². The third-order valence-corrected chi connectivity index (χ3v) is 4.07. The molecule has 0 aliphatic rings. The summed E-state index contributed by atoms with van der Waals surface area (Å²) in [7, 11) is -2.92. The summed E-state index contributed by atoms with van der Waals surface area (Å²) in [6, 6.07) is 6.46. The fourth-order valence-electron chi connectivity index (χ4n) is 1.63. The van der Waals surface area contributed by atoms with Crippen molar-refractivity contribution in [2.24, 2.45) is 0 Å². The topological polar surface area (TPSA) is 81.4 Å². The van der Waals surface area contributed by atoms with E-state index in [1.807, 2.05) is 0 Å². The molecule has 0 amide bonds. The number of nitrogens with one attached hydrogen (secondary N) is 1. The number of hydrogen-bond acceptors (Lipinski definition) is 4. The summed E-state index contributed by atoms with van der Waals surface area (Å²) in [5.41, 5.74) is 5.78. The Morgan fingerprint density at radius 1 is 1.14 bits per heavy atom. The van der Waals surface area contributed by atoms with Crippen molar-refractivity contribution in [1.82, 2.24) is 0 Å². The van der Waals surface area contributed by atoms with Crippen LogP contribution < -0.4 is 15.2 Å². The van der Waals surface area contributed by atoms with Gasteiger partial charge in [-0.3, -0.25) is 4.72 Å². The van der Waals surface area contributed by atoms with E-state index in [4.69, 9.17) is 10.5 Å². The predicted molar refractivity (Wildman–Crippen MR) is 74.6 cm³/mol. The van der Waals surface area contributed by atoms with Crippen molar-refractivity contribution >= 4 is 21.4 Å². The fourth-order valence-corrected chi connectivity index (χ4v) is 2.80. The Kier molecular flexibility index (Phi) is 3.99. The van der Waals surface area contributed by atoms with E-state index >= 15 is 0 Å². The summed E-state index contributed by atoms with van der Waals surface area (Å²) in [5, 5.41) is 0.